The van der Waals surface area contributed by atoms with Crippen molar-refractivity contribution in [3.8, 4) is 0 Å². The molecule has 5 atom stereocenters. The molecular weight excluding hydrogens is 1250 g/mol. The fourth-order valence-electron chi connectivity index (χ4n) is 11.6. The van der Waals surface area contributed by atoms with Crippen LogP contribution in [0, 0.1) is 17.8 Å². The molecule has 0 rings (SSSR count). The minimum Gasteiger partial charge on any atom is -0.462 e. The molecule has 0 fully saturated rings. The van der Waals surface area contributed by atoms with E-state index in [1.54, 1.807) is 0 Å². The van der Waals surface area contributed by atoms with Crippen molar-refractivity contribution in [2.24, 2.45) is 17.8 Å². The summed E-state index contributed by atoms with van der Waals surface area (Å²) in [6.45, 7) is 11.9. The number of esters is 4. The van der Waals surface area contributed by atoms with Crippen LogP contribution in [0.5, 0.6) is 0 Å². The number of aliphatic hydroxyl groups is 1. The van der Waals surface area contributed by atoms with Gasteiger partial charge in [0.2, 0.25) is 0 Å². The molecule has 0 amide bonds. The van der Waals surface area contributed by atoms with Crippen LogP contribution in [0.15, 0.2) is 0 Å². The van der Waals surface area contributed by atoms with Crippen LogP contribution in [-0.4, -0.2) is 96.7 Å². The van der Waals surface area contributed by atoms with E-state index in [9.17, 15) is 43.2 Å². The number of phosphoric ester groups is 2. The smallest absolute Gasteiger partial charge is 0.462 e. The molecule has 0 aromatic carbocycles. The van der Waals surface area contributed by atoms with Crippen LogP contribution in [0.2, 0.25) is 0 Å². The maximum Gasteiger partial charge on any atom is 0.472 e. The van der Waals surface area contributed by atoms with Gasteiger partial charge in [0.1, 0.15) is 19.3 Å². The topological polar surface area (TPSA) is 237 Å². The molecule has 0 aromatic rings. The van der Waals surface area contributed by atoms with Gasteiger partial charge >= 0.3 is 39.5 Å². The zero-order valence-corrected chi connectivity index (χ0v) is 63.9. The Morgan fingerprint density at radius 2 is 0.484 bits per heavy atom. The van der Waals surface area contributed by atoms with Crippen molar-refractivity contribution in [2.45, 2.75) is 407 Å². The third kappa shape index (κ3) is 70.3. The fourth-order valence-corrected chi connectivity index (χ4v) is 13.2. The number of carbonyl (C=O) groups excluding carboxylic acids is 4. The summed E-state index contributed by atoms with van der Waals surface area (Å²) in [4.78, 5) is 72.7. The van der Waals surface area contributed by atoms with Crippen LogP contribution >= 0.6 is 15.6 Å². The zero-order valence-electron chi connectivity index (χ0n) is 62.1. The molecule has 0 saturated heterocycles. The highest BCUT2D eigenvalue weighted by molar-refractivity contribution is 7.47. The average molecular weight is 1400 g/mol. The van der Waals surface area contributed by atoms with Crippen molar-refractivity contribution < 1.29 is 80.2 Å². The number of rotatable bonds is 74. The predicted molar refractivity (Wildman–Crippen MR) is 386 cm³/mol. The van der Waals surface area contributed by atoms with Gasteiger partial charge in [-0.1, -0.05) is 337 Å². The van der Waals surface area contributed by atoms with E-state index in [1.807, 2.05) is 0 Å². The maximum absolute atomic E-state index is 13.1. The Morgan fingerprint density at radius 1 is 0.284 bits per heavy atom. The summed E-state index contributed by atoms with van der Waals surface area (Å²) in [7, 11) is -9.91. The average Bonchev–Trinajstić information content (AvgIpc) is 1.42. The van der Waals surface area contributed by atoms with Crippen molar-refractivity contribution >= 4 is 39.5 Å². The van der Waals surface area contributed by atoms with Crippen LogP contribution < -0.4 is 0 Å². The molecule has 2 unspecified atom stereocenters. The Morgan fingerprint density at radius 3 is 0.716 bits per heavy atom. The van der Waals surface area contributed by atoms with Gasteiger partial charge in [-0.3, -0.25) is 37.3 Å². The van der Waals surface area contributed by atoms with Crippen LogP contribution in [0.3, 0.4) is 0 Å². The van der Waals surface area contributed by atoms with Crippen molar-refractivity contribution in [3.63, 3.8) is 0 Å². The molecule has 0 heterocycles. The highest BCUT2D eigenvalue weighted by atomic mass is 31.2. The lowest BCUT2D eigenvalue weighted by atomic mass is 10.0. The largest absolute Gasteiger partial charge is 0.472 e. The summed E-state index contributed by atoms with van der Waals surface area (Å²) in [6.07, 6.45) is 52.9. The summed E-state index contributed by atoms with van der Waals surface area (Å²) < 4.78 is 68.4. The van der Waals surface area contributed by atoms with Gasteiger partial charge in [0.25, 0.3) is 0 Å². The first-order valence-electron chi connectivity index (χ1n) is 39.3. The lowest BCUT2D eigenvalue weighted by molar-refractivity contribution is -0.161. The Hall–Kier alpha value is -1.94. The molecule has 0 saturated carbocycles. The standard InChI is InChI=1S/C76H148O17P2/c1-8-9-10-11-12-13-29-36-43-50-57-73(78)86-64-72(93-76(81)60-53-46-39-32-35-42-49-56-69(6)7)66-91-95(84,85)89-62-70(77)61-88-94(82,83)90-65-71(63-87-74(79)58-51-44-37-30-26-22-24-28-34-41-48-55-68(4)5)92-75(80)59-52-45-38-31-25-21-19-17-15-14-16-18-20-23-27-33-40-47-54-67(2)3/h67-72,77H,8-66H2,1-7H3,(H,82,83)(H,84,85)/t70-,71-,72-/m1/s1. The third-order valence-electron chi connectivity index (χ3n) is 17.6. The summed E-state index contributed by atoms with van der Waals surface area (Å²) >= 11 is 0. The molecule has 0 bridgehead atoms. The van der Waals surface area contributed by atoms with E-state index in [2.05, 4.69) is 48.5 Å². The molecule has 0 aliphatic rings. The SMILES string of the molecule is CCCCCCCCCCCCC(=O)OC[C@H](COP(=O)(O)OC[C@H](O)COP(=O)(O)OC[C@@H](COC(=O)CCCCCCCCCCCCCC(C)C)OC(=O)CCCCCCCCCCCCCCCCCCCCC(C)C)OC(=O)CCCCCCCCCC(C)C. The minimum absolute atomic E-state index is 0.103. The summed E-state index contributed by atoms with van der Waals surface area (Å²) in [5, 5.41) is 10.6. The van der Waals surface area contributed by atoms with E-state index in [-0.39, 0.29) is 25.7 Å². The van der Waals surface area contributed by atoms with E-state index in [0.29, 0.717) is 31.6 Å². The molecule has 3 N–H and O–H groups in total. The molecule has 0 spiro atoms. The van der Waals surface area contributed by atoms with Gasteiger partial charge in [0.05, 0.1) is 26.4 Å². The van der Waals surface area contributed by atoms with Gasteiger partial charge in [-0.2, -0.15) is 0 Å². The second-order valence-electron chi connectivity index (χ2n) is 28.8. The molecule has 95 heavy (non-hydrogen) atoms. The number of carbonyl (C=O) groups is 4. The number of aliphatic hydroxyl groups excluding tert-OH is 1. The van der Waals surface area contributed by atoms with Gasteiger partial charge in [-0.25, -0.2) is 9.13 Å². The van der Waals surface area contributed by atoms with Crippen LogP contribution in [-0.2, 0) is 65.4 Å². The Balaban J connectivity index is 5.19. The Bertz CT molecular complexity index is 1850. The van der Waals surface area contributed by atoms with Gasteiger partial charge in [0, 0.05) is 25.7 Å². The predicted octanol–water partition coefficient (Wildman–Crippen LogP) is 22.2. The number of hydrogen-bond donors (Lipinski definition) is 3. The Labute approximate surface area is 581 Å². The van der Waals surface area contributed by atoms with Gasteiger partial charge in [-0.05, 0) is 43.4 Å². The third-order valence-corrected chi connectivity index (χ3v) is 19.5. The molecule has 0 aliphatic carbocycles. The zero-order chi connectivity index (χ0) is 70.1. The second kappa shape index (κ2) is 66.6. The Kier molecular flexibility index (Phi) is 65.2. The number of hydrogen-bond acceptors (Lipinski definition) is 15. The molecule has 564 valence electrons. The van der Waals surface area contributed by atoms with E-state index in [4.69, 9.17) is 37.0 Å². The monoisotopic (exact) mass is 1400 g/mol. The normalized spacial score (nSPS) is 14.1. The quantitative estimate of drug-likeness (QED) is 0.0222. The summed E-state index contributed by atoms with van der Waals surface area (Å²) in [5.74, 6) is 0.166. The summed E-state index contributed by atoms with van der Waals surface area (Å²) in [6, 6.07) is 0. The van der Waals surface area contributed by atoms with Gasteiger partial charge < -0.3 is 33.8 Å². The maximum atomic E-state index is 13.1. The van der Waals surface area contributed by atoms with Crippen molar-refractivity contribution in [1.82, 2.24) is 0 Å². The molecule has 0 aromatic heterocycles. The van der Waals surface area contributed by atoms with Gasteiger partial charge in [0.15, 0.2) is 12.2 Å². The van der Waals surface area contributed by atoms with E-state index < -0.39 is 97.5 Å². The minimum atomic E-state index is -4.96. The number of phosphoric acid groups is 2. The van der Waals surface area contributed by atoms with Crippen LogP contribution in [0.4, 0.5) is 0 Å². The highest BCUT2D eigenvalue weighted by Crippen LogP contribution is 2.45. The van der Waals surface area contributed by atoms with Crippen LogP contribution in [0.25, 0.3) is 0 Å². The highest BCUT2D eigenvalue weighted by Gasteiger charge is 2.30. The lowest BCUT2D eigenvalue weighted by Gasteiger charge is -2.21. The lowest BCUT2D eigenvalue weighted by Crippen LogP contribution is -2.30. The molecule has 17 nitrogen and oxygen atoms in total. The van der Waals surface area contributed by atoms with E-state index >= 15 is 0 Å². The second-order valence-corrected chi connectivity index (χ2v) is 31.7. The van der Waals surface area contributed by atoms with Crippen molar-refractivity contribution in [2.75, 3.05) is 39.6 Å². The van der Waals surface area contributed by atoms with Crippen molar-refractivity contribution in [3.05, 3.63) is 0 Å². The van der Waals surface area contributed by atoms with E-state index in [0.717, 1.165) is 102 Å². The first-order chi connectivity index (χ1) is 45.7. The number of unbranched alkanes of at least 4 members (excludes halogenated alkanes) is 42. The van der Waals surface area contributed by atoms with Crippen LogP contribution in [0.1, 0.15) is 389 Å². The van der Waals surface area contributed by atoms with Crippen molar-refractivity contribution in [1.29, 1.82) is 0 Å². The first kappa shape index (κ1) is 93.1. The molecule has 19 heteroatoms. The number of ether oxygens (including phenoxy) is 4. The summed E-state index contributed by atoms with van der Waals surface area (Å²) in [5.41, 5.74) is 0. The van der Waals surface area contributed by atoms with E-state index in [1.165, 1.54) is 199 Å². The molecule has 0 aliphatic heterocycles. The first-order valence-corrected chi connectivity index (χ1v) is 42.3. The van der Waals surface area contributed by atoms with Gasteiger partial charge in [-0.15, -0.1) is 0 Å². The fraction of sp³-hybridized carbons (Fsp3) is 0.947. The molecule has 0 radical (unpaired) electrons. The molecular formula is C76H148O17P2.